The number of hydrogen-bond donors (Lipinski definition) is 1. The van der Waals surface area contributed by atoms with Crippen molar-refractivity contribution >= 4 is 16.2 Å². The largest absolute Gasteiger partial charge is 0.489 e. The van der Waals surface area contributed by atoms with E-state index >= 15 is 0 Å². The maximum absolute atomic E-state index is 13.6. The molecular formula is C20H17FN2O3S. The van der Waals surface area contributed by atoms with Gasteiger partial charge in [-0.25, -0.2) is 9.22 Å². The molecule has 3 aromatic carbocycles. The zero-order chi connectivity index (χ0) is 19.1. The summed E-state index contributed by atoms with van der Waals surface area (Å²) in [4.78, 5) is 2.30. The number of halogens is 1. The van der Waals surface area contributed by atoms with E-state index in [0.717, 1.165) is 0 Å². The van der Waals surface area contributed by atoms with Gasteiger partial charge in [0.1, 0.15) is 18.2 Å². The molecule has 3 aromatic rings. The number of nitrogens with one attached hydrogen (secondary N) is 1. The summed E-state index contributed by atoms with van der Waals surface area (Å²) in [5, 5.41) is 3.77. The maximum Gasteiger partial charge on any atom is 0.276 e. The van der Waals surface area contributed by atoms with Crippen molar-refractivity contribution in [1.82, 2.24) is 4.83 Å². The quantitative estimate of drug-likeness (QED) is 0.499. The van der Waals surface area contributed by atoms with Gasteiger partial charge >= 0.3 is 0 Å². The highest BCUT2D eigenvalue weighted by Crippen LogP contribution is 2.15. The van der Waals surface area contributed by atoms with Crippen LogP contribution in [0.5, 0.6) is 5.75 Å². The summed E-state index contributed by atoms with van der Waals surface area (Å²) in [6.45, 7) is 0.122. The van der Waals surface area contributed by atoms with Crippen molar-refractivity contribution in [3.63, 3.8) is 0 Å². The van der Waals surface area contributed by atoms with E-state index < -0.39 is 10.0 Å². The summed E-state index contributed by atoms with van der Waals surface area (Å²) in [5.41, 5.74) is 1.16. The van der Waals surface area contributed by atoms with Crippen molar-refractivity contribution in [3.05, 3.63) is 95.8 Å². The summed E-state index contributed by atoms with van der Waals surface area (Å²) in [5.74, 6) is 0.257. The minimum absolute atomic E-state index is 0.122. The normalized spacial score (nSPS) is 11.4. The third kappa shape index (κ3) is 5.15. The monoisotopic (exact) mass is 384 g/mol. The lowest BCUT2D eigenvalue weighted by atomic mass is 10.2. The van der Waals surface area contributed by atoms with Crippen molar-refractivity contribution < 1.29 is 17.5 Å². The van der Waals surface area contributed by atoms with Crippen LogP contribution in [0.2, 0.25) is 0 Å². The molecule has 0 aliphatic carbocycles. The molecule has 0 aromatic heterocycles. The van der Waals surface area contributed by atoms with E-state index in [9.17, 15) is 12.8 Å². The van der Waals surface area contributed by atoms with E-state index in [1.54, 1.807) is 60.7 Å². The summed E-state index contributed by atoms with van der Waals surface area (Å²) in [7, 11) is -3.69. The van der Waals surface area contributed by atoms with Crippen LogP contribution in [0.15, 0.2) is 88.9 Å². The predicted molar refractivity (Wildman–Crippen MR) is 102 cm³/mol. The van der Waals surface area contributed by atoms with Gasteiger partial charge in [0.15, 0.2) is 0 Å². The third-order valence-electron chi connectivity index (χ3n) is 3.67. The average molecular weight is 384 g/mol. The Morgan fingerprint density at radius 3 is 2.30 bits per heavy atom. The molecule has 0 spiro atoms. The predicted octanol–water partition coefficient (Wildman–Crippen LogP) is 3.72. The molecule has 1 N–H and O–H groups in total. The van der Waals surface area contributed by atoms with Crippen LogP contribution in [0.4, 0.5) is 4.39 Å². The van der Waals surface area contributed by atoms with E-state index in [1.807, 2.05) is 0 Å². The van der Waals surface area contributed by atoms with E-state index in [0.29, 0.717) is 16.9 Å². The SMILES string of the molecule is O=S(=O)(N/N=C/c1ccc(OCc2ccccc2F)cc1)c1ccccc1. The van der Waals surface area contributed by atoms with Crippen LogP contribution in [0.1, 0.15) is 11.1 Å². The van der Waals surface area contributed by atoms with Gasteiger partial charge in [0.2, 0.25) is 0 Å². The third-order valence-corrected chi connectivity index (χ3v) is 4.91. The van der Waals surface area contributed by atoms with Crippen molar-refractivity contribution in [2.75, 3.05) is 0 Å². The fourth-order valence-electron chi connectivity index (χ4n) is 2.25. The molecule has 0 heterocycles. The van der Waals surface area contributed by atoms with Gasteiger partial charge in [-0.3, -0.25) is 0 Å². The van der Waals surface area contributed by atoms with E-state index in [2.05, 4.69) is 9.93 Å². The zero-order valence-electron chi connectivity index (χ0n) is 14.2. The topological polar surface area (TPSA) is 67.8 Å². The highest BCUT2D eigenvalue weighted by atomic mass is 32.2. The maximum atomic E-state index is 13.6. The van der Waals surface area contributed by atoms with E-state index in [4.69, 9.17) is 4.74 Å². The average Bonchev–Trinajstić information content (AvgIpc) is 2.69. The van der Waals surface area contributed by atoms with Gasteiger partial charge in [-0.05, 0) is 48.0 Å². The first kappa shape index (κ1) is 18.6. The first-order valence-electron chi connectivity index (χ1n) is 8.11. The molecule has 0 aliphatic rings. The van der Waals surface area contributed by atoms with E-state index in [-0.39, 0.29) is 17.3 Å². The number of benzene rings is 3. The van der Waals surface area contributed by atoms with Gasteiger partial charge in [-0.2, -0.15) is 13.5 Å². The Kier molecular flexibility index (Phi) is 5.83. The zero-order valence-corrected chi connectivity index (χ0v) is 15.1. The van der Waals surface area contributed by atoms with Crippen LogP contribution in [-0.2, 0) is 16.6 Å². The summed E-state index contributed by atoms with van der Waals surface area (Å²) in [6, 6.07) is 21.2. The Bertz CT molecular complexity index is 1020. The van der Waals surface area contributed by atoms with Crippen LogP contribution in [0.3, 0.4) is 0 Å². The van der Waals surface area contributed by atoms with Gasteiger partial charge < -0.3 is 4.74 Å². The number of sulfonamides is 1. The molecule has 0 saturated carbocycles. The van der Waals surface area contributed by atoms with E-state index in [1.165, 1.54) is 24.4 Å². The van der Waals surface area contributed by atoms with Crippen LogP contribution < -0.4 is 9.57 Å². The van der Waals surface area contributed by atoms with Crippen molar-refractivity contribution in [1.29, 1.82) is 0 Å². The van der Waals surface area contributed by atoms with Gasteiger partial charge in [0.05, 0.1) is 11.1 Å². The lowest BCUT2D eigenvalue weighted by Gasteiger charge is -2.07. The van der Waals surface area contributed by atoms with Gasteiger partial charge in [-0.1, -0.05) is 36.4 Å². The molecule has 7 heteroatoms. The highest BCUT2D eigenvalue weighted by Gasteiger charge is 2.10. The van der Waals surface area contributed by atoms with Crippen molar-refractivity contribution in [3.8, 4) is 5.75 Å². The molecule has 5 nitrogen and oxygen atoms in total. The summed E-state index contributed by atoms with van der Waals surface area (Å²) in [6.07, 6.45) is 1.39. The molecule has 138 valence electrons. The molecule has 27 heavy (non-hydrogen) atoms. The second kappa shape index (κ2) is 8.46. The molecule has 0 bridgehead atoms. The first-order valence-corrected chi connectivity index (χ1v) is 9.59. The fourth-order valence-corrected chi connectivity index (χ4v) is 3.06. The molecule has 0 aliphatic heterocycles. The van der Waals surface area contributed by atoms with Crippen molar-refractivity contribution in [2.45, 2.75) is 11.5 Å². The smallest absolute Gasteiger partial charge is 0.276 e. The molecule has 0 unspecified atom stereocenters. The Morgan fingerprint density at radius 2 is 1.59 bits per heavy atom. The standard InChI is InChI=1S/C20H17FN2O3S/c21-20-9-5-4-6-17(20)15-26-18-12-10-16(11-13-18)14-22-23-27(24,25)19-7-2-1-3-8-19/h1-14,23H,15H2/b22-14+. The highest BCUT2D eigenvalue weighted by molar-refractivity contribution is 7.89. The summed E-state index contributed by atoms with van der Waals surface area (Å²) < 4.78 is 43.2. The molecule has 0 atom stereocenters. The van der Waals surface area contributed by atoms with Crippen LogP contribution in [-0.4, -0.2) is 14.6 Å². The Hall–Kier alpha value is -3.19. The van der Waals surface area contributed by atoms with Gasteiger partial charge in [0.25, 0.3) is 10.0 Å². The number of nitrogens with zero attached hydrogens (tertiary/aromatic N) is 1. The fraction of sp³-hybridized carbons (Fsp3) is 0.0500. The Labute approximate surface area is 157 Å². The minimum Gasteiger partial charge on any atom is -0.489 e. The summed E-state index contributed by atoms with van der Waals surface area (Å²) >= 11 is 0. The molecular weight excluding hydrogens is 367 g/mol. The minimum atomic E-state index is -3.69. The number of hydrogen-bond acceptors (Lipinski definition) is 4. The molecule has 0 saturated heterocycles. The van der Waals surface area contributed by atoms with Gasteiger partial charge in [-0.15, -0.1) is 0 Å². The molecule has 3 rings (SSSR count). The number of rotatable bonds is 7. The first-order chi connectivity index (χ1) is 13.0. The van der Waals surface area contributed by atoms with Crippen LogP contribution >= 0.6 is 0 Å². The lowest BCUT2D eigenvalue weighted by Crippen LogP contribution is -2.18. The second-order valence-corrected chi connectivity index (χ2v) is 7.28. The molecule has 0 amide bonds. The van der Waals surface area contributed by atoms with Gasteiger partial charge in [0, 0.05) is 5.56 Å². The molecule has 0 radical (unpaired) electrons. The number of hydrazone groups is 1. The van der Waals surface area contributed by atoms with Crippen LogP contribution in [0, 0.1) is 5.82 Å². The Morgan fingerprint density at radius 1 is 0.926 bits per heavy atom. The van der Waals surface area contributed by atoms with Crippen molar-refractivity contribution in [2.24, 2.45) is 5.10 Å². The molecule has 0 fully saturated rings. The lowest BCUT2D eigenvalue weighted by molar-refractivity contribution is 0.300. The second-order valence-electron chi connectivity index (χ2n) is 5.62. The number of ether oxygens (including phenoxy) is 1. The van der Waals surface area contributed by atoms with Crippen LogP contribution in [0.25, 0.3) is 0 Å². The Balaban J connectivity index is 1.57.